The van der Waals surface area contributed by atoms with Crippen molar-refractivity contribution in [3.05, 3.63) is 30.1 Å². The molecule has 0 unspecified atom stereocenters. The fourth-order valence-corrected chi connectivity index (χ4v) is 2.64. The van der Waals surface area contributed by atoms with Crippen LogP contribution in [0.3, 0.4) is 0 Å². The fraction of sp³-hybridized carbons (Fsp3) is 0.615. The standard InChI is InChI=1S/C13H20N2/c14-8-7-11-3-5-12(6-4-11)13-2-1-9-15-10-13/h1-2,9-12H,3-8,14H2. The zero-order valence-corrected chi connectivity index (χ0v) is 9.23. The van der Waals surface area contributed by atoms with Crippen LogP contribution in [0.5, 0.6) is 0 Å². The van der Waals surface area contributed by atoms with Gasteiger partial charge < -0.3 is 5.73 Å². The van der Waals surface area contributed by atoms with Gasteiger partial charge in [0.2, 0.25) is 0 Å². The summed E-state index contributed by atoms with van der Waals surface area (Å²) in [6.07, 6.45) is 10.4. The van der Waals surface area contributed by atoms with E-state index in [0.29, 0.717) is 0 Å². The Kier molecular flexibility index (Phi) is 3.73. The monoisotopic (exact) mass is 204 g/mol. The predicted octanol–water partition coefficient (Wildman–Crippen LogP) is 2.70. The number of hydrogen-bond acceptors (Lipinski definition) is 2. The smallest absolute Gasteiger partial charge is 0.0302 e. The molecule has 0 spiro atoms. The van der Waals surface area contributed by atoms with E-state index in [9.17, 15) is 0 Å². The third-order valence-corrected chi connectivity index (χ3v) is 3.58. The van der Waals surface area contributed by atoms with E-state index < -0.39 is 0 Å². The maximum atomic E-state index is 5.60. The van der Waals surface area contributed by atoms with Crippen molar-refractivity contribution in [1.82, 2.24) is 4.98 Å². The molecule has 1 saturated carbocycles. The maximum Gasteiger partial charge on any atom is 0.0302 e. The molecule has 2 N–H and O–H groups in total. The molecule has 2 rings (SSSR count). The van der Waals surface area contributed by atoms with E-state index in [-0.39, 0.29) is 0 Å². The molecular formula is C13H20N2. The third kappa shape index (κ3) is 2.78. The van der Waals surface area contributed by atoms with Crippen molar-refractivity contribution < 1.29 is 0 Å². The number of nitrogens with two attached hydrogens (primary N) is 1. The minimum atomic E-state index is 0.743. The Bertz CT molecular complexity index is 276. The first-order valence-corrected chi connectivity index (χ1v) is 6.00. The summed E-state index contributed by atoms with van der Waals surface area (Å²) in [5.41, 5.74) is 7.02. The molecule has 1 fully saturated rings. The van der Waals surface area contributed by atoms with Crippen LogP contribution >= 0.6 is 0 Å². The first-order chi connectivity index (χ1) is 7.40. The van der Waals surface area contributed by atoms with Gasteiger partial charge in [-0.15, -0.1) is 0 Å². The van der Waals surface area contributed by atoms with Crippen molar-refractivity contribution in [2.24, 2.45) is 11.7 Å². The molecule has 0 aromatic carbocycles. The molecule has 2 nitrogen and oxygen atoms in total. The number of rotatable bonds is 3. The quantitative estimate of drug-likeness (QED) is 0.822. The number of pyridine rings is 1. The zero-order valence-electron chi connectivity index (χ0n) is 9.23. The van der Waals surface area contributed by atoms with Gasteiger partial charge in [0.05, 0.1) is 0 Å². The molecule has 1 aromatic heterocycles. The van der Waals surface area contributed by atoms with Gasteiger partial charge in [0, 0.05) is 12.4 Å². The van der Waals surface area contributed by atoms with Gasteiger partial charge in [-0.2, -0.15) is 0 Å². The molecule has 0 bridgehead atoms. The van der Waals surface area contributed by atoms with Crippen molar-refractivity contribution in [1.29, 1.82) is 0 Å². The SMILES string of the molecule is NCCC1CCC(c2cccnc2)CC1. The first-order valence-electron chi connectivity index (χ1n) is 6.00. The molecule has 0 atom stereocenters. The number of nitrogens with zero attached hydrogens (tertiary/aromatic N) is 1. The lowest BCUT2D eigenvalue weighted by Crippen LogP contribution is -2.16. The Balaban J connectivity index is 1.88. The van der Waals surface area contributed by atoms with Gasteiger partial charge in [0.1, 0.15) is 0 Å². The molecule has 1 aromatic rings. The molecule has 1 aliphatic rings. The highest BCUT2D eigenvalue weighted by molar-refractivity contribution is 5.15. The fourth-order valence-electron chi connectivity index (χ4n) is 2.64. The Morgan fingerprint density at radius 1 is 1.27 bits per heavy atom. The molecule has 0 amide bonds. The van der Waals surface area contributed by atoms with Crippen molar-refractivity contribution in [2.75, 3.05) is 6.54 Å². The summed E-state index contributed by atoms with van der Waals surface area (Å²) in [5, 5.41) is 0. The van der Waals surface area contributed by atoms with Gasteiger partial charge in [-0.1, -0.05) is 6.07 Å². The highest BCUT2D eigenvalue weighted by atomic mass is 14.6. The van der Waals surface area contributed by atoms with Gasteiger partial charge in [-0.25, -0.2) is 0 Å². The lowest BCUT2D eigenvalue weighted by molar-refractivity contribution is 0.313. The summed E-state index contributed by atoms with van der Waals surface area (Å²) < 4.78 is 0. The van der Waals surface area contributed by atoms with Crippen LogP contribution in [-0.4, -0.2) is 11.5 Å². The first kappa shape index (κ1) is 10.6. The normalized spacial score (nSPS) is 26.5. The highest BCUT2D eigenvalue weighted by Gasteiger charge is 2.21. The Morgan fingerprint density at radius 2 is 2.07 bits per heavy atom. The summed E-state index contributed by atoms with van der Waals surface area (Å²) in [4.78, 5) is 4.20. The third-order valence-electron chi connectivity index (χ3n) is 3.58. The Labute approximate surface area is 91.9 Å². The van der Waals surface area contributed by atoms with Gasteiger partial charge in [-0.05, 0) is 62.1 Å². The Morgan fingerprint density at radius 3 is 2.67 bits per heavy atom. The van der Waals surface area contributed by atoms with Gasteiger partial charge >= 0.3 is 0 Å². The minimum absolute atomic E-state index is 0.743. The molecule has 0 aliphatic heterocycles. The average Bonchev–Trinajstić information content (AvgIpc) is 2.32. The minimum Gasteiger partial charge on any atom is -0.330 e. The summed E-state index contributed by atoms with van der Waals surface area (Å²) in [6, 6.07) is 4.25. The topological polar surface area (TPSA) is 38.9 Å². The molecule has 0 radical (unpaired) electrons. The van der Waals surface area contributed by atoms with Crippen LogP contribution in [0.4, 0.5) is 0 Å². The molecule has 82 valence electrons. The van der Waals surface area contributed by atoms with Crippen LogP contribution in [0.2, 0.25) is 0 Å². The average molecular weight is 204 g/mol. The second kappa shape index (κ2) is 5.26. The van der Waals surface area contributed by atoms with Crippen molar-refractivity contribution in [3.8, 4) is 0 Å². The van der Waals surface area contributed by atoms with Crippen LogP contribution in [0.25, 0.3) is 0 Å². The van der Waals surface area contributed by atoms with Crippen molar-refractivity contribution >= 4 is 0 Å². The van der Waals surface area contributed by atoms with E-state index in [1.807, 2.05) is 18.5 Å². The molecular weight excluding hydrogens is 184 g/mol. The maximum absolute atomic E-state index is 5.60. The van der Waals surface area contributed by atoms with Crippen LogP contribution in [0.1, 0.15) is 43.6 Å². The highest BCUT2D eigenvalue weighted by Crippen LogP contribution is 2.36. The van der Waals surface area contributed by atoms with Crippen molar-refractivity contribution in [3.63, 3.8) is 0 Å². The largest absolute Gasteiger partial charge is 0.330 e. The predicted molar refractivity (Wildman–Crippen MR) is 62.6 cm³/mol. The lowest BCUT2D eigenvalue weighted by Gasteiger charge is -2.28. The zero-order chi connectivity index (χ0) is 10.5. The molecule has 15 heavy (non-hydrogen) atoms. The van der Waals surface area contributed by atoms with E-state index in [1.165, 1.54) is 37.7 Å². The Hall–Kier alpha value is -0.890. The lowest BCUT2D eigenvalue weighted by atomic mass is 9.78. The molecule has 1 aliphatic carbocycles. The van der Waals surface area contributed by atoms with E-state index in [0.717, 1.165) is 18.4 Å². The summed E-state index contributed by atoms with van der Waals surface area (Å²) in [5.74, 6) is 1.62. The summed E-state index contributed by atoms with van der Waals surface area (Å²) in [7, 11) is 0. The van der Waals surface area contributed by atoms with E-state index >= 15 is 0 Å². The van der Waals surface area contributed by atoms with Crippen LogP contribution in [0.15, 0.2) is 24.5 Å². The second-order valence-corrected chi connectivity index (χ2v) is 4.58. The molecule has 1 heterocycles. The molecule has 2 heteroatoms. The van der Waals surface area contributed by atoms with E-state index in [4.69, 9.17) is 5.73 Å². The van der Waals surface area contributed by atoms with Crippen LogP contribution in [-0.2, 0) is 0 Å². The van der Waals surface area contributed by atoms with E-state index in [2.05, 4.69) is 11.1 Å². The van der Waals surface area contributed by atoms with Gasteiger partial charge in [0.15, 0.2) is 0 Å². The molecule has 0 saturated heterocycles. The number of hydrogen-bond donors (Lipinski definition) is 1. The van der Waals surface area contributed by atoms with Crippen LogP contribution in [0, 0.1) is 5.92 Å². The van der Waals surface area contributed by atoms with Gasteiger partial charge in [0.25, 0.3) is 0 Å². The summed E-state index contributed by atoms with van der Waals surface area (Å²) >= 11 is 0. The van der Waals surface area contributed by atoms with E-state index in [1.54, 1.807) is 0 Å². The summed E-state index contributed by atoms with van der Waals surface area (Å²) in [6.45, 7) is 0.849. The second-order valence-electron chi connectivity index (χ2n) is 4.58. The number of aromatic nitrogens is 1. The van der Waals surface area contributed by atoms with Crippen molar-refractivity contribution in [2.45, 2.75) is 38.0 Å². The van der Waals surface area contributed by atoms with Crippen LogP contribution < -0.4 is 5.73 Å². The van der Waals surface area contributed by atoms with Gasteiger partial charge in [-0.3, -0.25) is 4.98 Å².